The minimum atomic E-state index is -3.89. The zero-order valence-electron chi connectivity index (χ0n) is 14.0. The van der Waals surface area contributed by atoms with Gasteiger partial charge in [-0.25, -0.2) is 8.42 Å². The molecule has 0 spiro atoms. The molecule has 0 aliphatic rings. The van der Waals surface area contributed by atoms with E-state index >= 15 is 0 Å². The number of anilines is 2. The summed E-state index contributed by atoms with van der Waals surface area (Å²) in [5.74, 6) is -1.22. The predicted molar refractivity (Wildman–Crippen MR) is 91.8 cm³/mol. The van der Waals surface area contributed by atoms with Gasteiger partial charge in [-0.2, -0.15) is 15.2 Å². The van der Waals surface area contributed by atoms with Crippen LogP contribution in [0.5, 0.6) is 11.6 Å². The SMILES string of the molecule is CN(C)c1ccc(C#N)cc1Oc1nc(S(C)(=O)=O)nc(N)c1[N+](=O)[O-]. The van der Waals surface area contributed by atoms with Gasteiger partial charge in [-0.1, -0.05) is 0 Å². The van der Waals surface area contributed by atoms with Crippen molar-refractivity contribution in [1.29, 1.82) is 5.26 Å². The summed E-state index contributed by atoms with van der Waals surface area (Å²) in [6.07, 6.45) is 0.832. The molecule has 0 amide bonds. The number of nitrogens with two attached hydrogens (primary N) is 1. The fourth-order valence-electron chi connectivity index (χ4n) is 1.98. The molecule has 0 unspecified atom stereocenters. The molecular formula is C14H14N6O5S. The predicted octanol–water partition coefficient (Wildman–Crippen LogP) is 1.10. The van der Waals surface area contributed by atoms with Crippen molar-refractivity contribution in [3.8, 4) is 17.7 Å². The maximum Gasteiger partial charge on any atom is 0.373 e. The van der Waals surface area contributed by atoms with Crippen LogP contribution in [0.4, 0.5) is 17.2 Å². The first-order valence-corrected chi connectivity index (χ1v) is 8.85. The van der Waals surface area contributed by atoms with Crippen LogP contribution in [-0.4, -0.2) is 43.7 Å². The second kappa shape index (κ2) is 6.81. The molecule has 0 saturated carbocycles. The van der Waals surface area contributed by atoms with Crippen LogP contribution in [0.2, 0.25) is 0 Å². The van der Waals surface area contributed by atoms with Crippen LogP contribution in [-0.2, 0) is 9.84 Å². The van der Waals surface area contributed by atoms with Crippen molar-refractivity contribution < 1.29 is 18.1 Å². The minimum absolute atomic E-state index is 0.0645. The van der Waals surface area contributed by atoms with Gasteiger partial charge in [0, 0.05) is 26.4 Å². The molecule has 11 nitrogen and oxygen atoms in total. The lowest BCUT2D eigenvalue weighted by Gasteiger charge is -2.17. The number of aromatic nitrogens is 2. The molecule has 0 radical (unpaired) electrons. The summed E-state index contributed by atoms with van der Waals surface area (Å²) in [6.45, 7) is 0. The number of ether oxygens (including phenoxy) is 1. The van der Waals surface area contributed by atoms with Crippen LogP contribution in [0.15, 0.2) is 23.4 Å². The van der Waals surface area contributed by atoms with Crippen LogP contribution in [0.3, 0.4) is 0 Å². The van der Waals surface area contributed by atoms with E-state index in [2.05, 4.69) is 9.97 Å². The van der Waals surface area contributed by atoms with Gasteiger partial charge >= 0.3 is 11.6 Å². The maximum atomic E-state index is 11.7. The molecule has 2 aromatic rings. The molecule has 136 valence electrons. The quantitative estimate of drug-likeness (QED) is 0.452. The number of hydrogen-bond acceptors (Lipinski definition) is 10. The van der Waals surface area contributed by atoms with Gasteiger partial charge in [-0.05, 0) is 12.1 Å². The van der Waals surface area contributed by atoms with Gasteiger partial charge in [0.05, 0.1) is 22.2 Å². The maximum absolute atomic E-state index is 11.7. The van der Waals surface area contributed by atoms with Gasteiger partial charge in [-0.3, -0.25) is 10.1 Å². The monoisotopic (exact) mass is 378 g/mol. The third-order valence-electron chi connectivity index (χ3n) is 3.15. The van der Waals surface area contributed by atoms with E-state index in [1.54, 1.807) is 25.1 Å². The fourth-order valence-corrected chi connectivity index (χ4v) is 2.49. The molecule has 0 saturated heterocycles. The van der Waals surface area contributed by atoms with Gasteiger partial charge in [0.1, 0.15) is 0 Å². The van der Waals surface area contributed by atoms with Crippen molar-refractivity contribution in [3.05, 3.63) is 33.9 Å². The Morgan fingerprint density at radius 1 is 1.35 bits per heavy atom. The Morgan fingerprint density at radius 3 is 2.50 bits per heavy atom. The van der Waals surface area contributed by atoms with Crippen LogP contribution < -0.4 is 15.4 Å². The molecule has 0 aliphatic carbocycles. The summed E-state index contributed by atoms with van der Waals surface area (Å²) >= 11 is 0. The molecule has 1 aromatic heterocycles. The van der Waals surface area contributed by atoms with E-state index in [9.17, 15) is 18.5 Å². The molecule has 0 fully saturated rings. The number of rotatable bonds is 5. The first-order chi connectivity index (χ1) is 12.0. The van der Waals surface area contributed by atoms with Crippen LogP contribution in [0, 0.1) is 21.4 Å². The highest BCUT2D eigenvalue weighted by Gasteiger charge is 2.28. The Hall–Kier alpha value is -3.46. The van der Waals surface area contributed by atoms with Crippen molar-refractivity contribution in [3.63, 3.8) is 0 Å². The molecule has 26 heavy (non-hydrogen) atoms. The number of benzene rings is 1. The van der Waals surface area contributed by atoms with E-state index in [4.69, 9.17) is 15.7 Å². The highest BCUT2D eigenvalue weighted by atomic mass is 32.2. The largest absolute Gasteiger partial charge is 0.431 e. The highest BCUT2D eigenvalue weighted by molar-refractivity contribution is 7.90. The topological polar surface area (TPSA) is 165 Å². The first kappa shape index (κ1) is 18.9. The van der Waals surface area contributed by atoms with Gasteiger partial charge in [0.25, 0.3) is 5.16 Å². The first-order valence-electron chi connectivity index (χ1n) is 6.96. The summed E-state index contributed by atoms with van der Waals surface area (Å²) in [4.78, 5) is 19.1. The van der Waals surface area contributed by atoms with Gasteiger partial charge in [-0.15, -0.1) is 0 Å². The van der Waals surface area contributed by atoms with Gasteiger partial charge in [0.15, 0.2) is 5.75 Å². The zero-order valence-corrected chi connectivity index (χ0v) is 14.8. The smallest absolute Gasteiger partial charge is 0.373 e. The van der Waals surface area contributed by atoms with Crippen molar-refractivity contribution in [2.24, 2.45) is 0 Å². The molecule has 1 aromatic carbocycles. The highest BCUT2D eigenvalue weighted by Crippen LogP contribution is 2.38. The third-order valence-corrected chi connectivity index (χ3v) is 4.00. The standard InChI is InChI=1S/C14H14N6O5S/c1-19(2)9-5-4-8(7-15)6-10(9)25-13-11(20(21)22)12(16)17-14(18-13)26(3,23)24/h4-6H,1-3H3,(H2,16,17,18). The van der Waals surface area contributed by atoms with Crippen LogP contribution >= 0.6 is 0 Å². The van der Waals surface area contributed by atoms with E-state index in [-0.39, 0.29) is 11.3 Å². The lowest BCUT2D eigenvalue weighted by Crippen LogP contribution is -2.12. The lowest BCUT2D eigenvalue weighted by atomic mass is 10.2. The molecule has 0 atom stereocenters. The zero-order chi connectivity index (χ0) is 19.6. The summed E-state index contributed by atoms with van der Waals surface area (Å²) in [5.41, 5.74) is 5.47. The number of sulfone groups is 1. The normalized spacial score (nSPS) is 10.8. The second-order valence-corrected chi connectivity index (χ2v) is 7.27. The van der Waals surface area contributed by atoms with Crippen LogP contribution in [0.25, 0.3) is 0 Å². The molecule has 0 aliphatic heterocycles. The van der Waals surface area contributed by atoms with Gasteiger partial charge < -0.3 is 15.4 Å². The summed E-state index contributed by atoms with van der Waals surface area (Å²) in [5, 5.41) is 19.6. The Kier molecular flexibility index (Phi) is 4.94. The van der Waals surface area contributed by atoms with E-state index in [1.165, 1.54) is 12.1 Å². The van der Waals surface area contributed by atoms with E-state index in [1.807, 2.05) is 6.07 Å². The molecule has 0 bridgehead atoms. The summed E-state index contributed by atoms with van der Waals surface area (Å²) < 4.78 is 28.9. The summed E-state index contributed by atoms with van der Waals surface area (Å²) in [7, 11) is -0.503. The lowest BCUT2D eigenvalue weighted by molar-refractivity contribution is -0.385. The number of nitro groups is 1. The molecule has 2 rings (SSSR count). The van der Waals surface area contributed by atoms with Crippen molar-refractivity contribution in [2.45, 2.75) is 5.16 Å². The number of nitriles is 1. The summed E-state index contributed by atoms with van der Waals surface area (Å²) in [6, 6.07) is 6.37. The fraction of sp³-hybridized carbons (Fsp3) is 0.214. The molecule has 1 heterocycles. The van der Waals surface area contributed by atoms with Crippen LogP contribution in [0.1, 0.15) is 5.56 Å². The van der Waals surface area contributed by atoms with E-state index < -0.39 is 37.3 Å². The molecule has 2 N–H and O–H groups in total. The molecule has 12 heteroatoms. The Morgan fingerprint density at radius 2 is 2.00 bits per heavy atom. The Labute approximate surface area is 148 Å². The average Bonchev–Trinajstić information content (AvgIpc) is 2.52. The van der Waals surface area contributed by atoms with Crippen molar-refractivity contribution in [1.82, 2.24) is 9.97 Å². The molecular weight excluding hydrogens is 364 g/mol. The van der Waals surface area contributed by atoms with Crippen molar-refractivity contribution in [2.75, 3.05) is 31.0 Å². The number of nitrogen functional groups attached to an aromatic ring is 1. The Bertz CT molecular complexity index is 1030. The van der Waals surface area contributed by atoms with Gasteiger partial charge in [0.2, 0.25) is 15.7 Å². The minimum Gasteiger partial charge on any atom is -0.431 e. The second-order valence-electron chi connectivity index (χ2n) is 5.37. The van der Waals surface area contributed by atoms with Crippen molar-refractivity contribution >= 4 is 27.0 Å². The van der Waals surface area contributed by atoms with E-state index in [0.717, 1.165) is 6.26 Å². The number of nitrogens with zero attached hydrogens (tertiary/aromatic N) is 5. The third kappa shape index (κ3) is 3.78. The van der Waals surface area contributed by atoms with E-state index in [0.29, 0.717) is 5.69 Å². The average molecular weight is 378 g/mol. The Balaban J connectivity index is 2.71. The number of hydrogen-bond donors (Lipinski definition) is 1.